The van der Waals surface area contributed by atoms with E-state index in [0.717, 1.165) is 22.6 Å². The van der Waals surface area contributed by atoms with Gasteiger partial charge in [-0.3, -0.25) is 4.79 Å². The number of amides is 1. The average Bonchev–Trinajstić information content (AvgIpc) is 3.12. The van der Waals surface area contributed by atoms with Crippen LogP contribution in [-0.4, -0.2) is 28.0 Å². The minimum absolute atomic E-state index is 0.150. The highest BCUT2D eigenvalue weighted by molar-refractivity contribution is 5.92. The fraction of sp³-hybridized carbons (Fsp3) is 0.211. The van der Waals surface area contributed by atoms with E-state index in [1.54, 1.807) is 18.0 Å². The lowest BCUT2D eigenvalue weighted by Gasteiger charge is -2.13. The molecule has 3 aromatic rings. The Morgan fingerprint density at radius 1 is 1.12 bits per heavy atom. The van der Waals surface area contributed by atoms with Crippen molar-refractivity contribution in [3.8, 4) is 11.4 Å². The molecule has 128 valence electrons. The number of rotatable bonds is 5. The molecule has 0 unspecified atom stereocenters. The molecule has 6 nitrogen and oxygen atoms in total. The molecule has 0 aliphatic heterocycles. The maximum absolute atomic E-state index is 12.4. The first-order valence-electron chi connectivity index (χ1n) is 8.01. The fourth-order valence-corrected chi connectivity index (χ4v) is 2.44. The summed E-state index contributed by atoms with van der Waals surface area (Å²) in [6, 6.07) is 15.3. The molecule has 1 amide bonds. The summed E-state index contributed by atoms with van der Waals surface area (Å²) in [5.74, 6) is 0.519. The van der Waals surface area contributed by atoms with Gasteiger partial charge in [-0.2, -0.15) is 0 Å². The van der Waals surface area contributed by atoms with Crippen molar-refractivity contribution in [2.24, 2.45) is 0 Å². The Kier molecular flexibility index (Phi) is 4.79. The second-order valence-corrected chi connectivity index (χ2v) is 5.85. The summed E-state index contributed by atoms with van der Waals surface area (Å²) in [6.45, 7) is 3.94. The SMILES string of the molecule is COc1ccc([C@@H](C)NC(=O)c2cn(-c3ccc(C)cc3)nn2)cc1. The van der Waals surface area contributed by atoms with E-state index >= 15 is 0 Å². The van der Waals surface area contributed by atoms with Gasteiger partial charge in [-0.05, 0) is 43.7 Å². The molecule has 0 bridgehead atoms. The molecule has 0 saturated heterocycles. The number of methoxy groups -OCH3 is 1. The largest absolute Gasteiger partial charge is 0.497 e. The van der Waals surface area contributed by atoms with Crippen LogP contribution in [0, 0.1) is 6.92 Å². The van der Waals surface area contributed by atoms with Crippen LogP contribution in [0.2, 0.25) is 0 Å². The molecule has 25 heavy (non-hydrogen) atoms. The highest BCUT2D eigenvalue weighted by Crippen LogP contribution is 2.17. The number of aryl methyl sites for hydroxylation is 1. The smallest absolute Gasteiger partial charge is 0.273 e. The van der Waals surface area contributed by atoms with Crippen molar-refractivity contribution >= 4 is 5.91 Å². The van der Waals surface area contributed by atoms with Crippen LogP contribution in [0.5, 0.6) is 5.75 Å². The van der Waals surface area contributed by atoms with Crippen molar-refractivity contribution in [3.05, 3.63) is 71.5 Å². The van der Waals surface area contributed by atoms with Gasteiger partial charge < -0.3 is 10.1 Å². The third-order valence-electron chi connectivity index (χ3n) is 3.99. The molecular formula is C19H20N4O2. The Bertz CT molecular complexity index is 854. The highest BCUT2D eigenvalue weighted by Gasteiger charge is 2.15. The number of carbonyl (C=O) groups excluding carboxylic acids is 1. The maximum Gasteiger partial charge on any atom is 0.273 e. The van der Waals surface area contributed by atoms with Crippen molar-refractivity contribution in [1.82, 2.24) is 20.3 Å². The second-order valence-electron chi connectivity index (χ2n) is 5.85. The molecule has 3 rings (SSSR count). The van der Waals surface area contributed by atoms with E-state index in [4.69, 9.17) is 4.74 Å². The number of hydrogen-bond acceptors (Lipinski definition) is 4. The molecule has 0 aliphatic carbocycles. The lowest BCUT2D eigenvalue weighted by molar-refractivity contribution is 0.0935. The summed E-state index contributed by atoms with van der Waals surface area (Å²) in [6.07, 6.45) is 1.63. The van der Waals surface area contributed by atoms with Crippen LogP contribution in [0.4, 0.5) is 0 Å². The maximum atomic E-state index is 12.4. The van der Waals surface area contributed by atoms with Gasteiger partial charge in [0.05, 0.1) is 25.0 Å². The number of hydrogen-bond donors (Lipinski definition) is 1. The van der Waals surface area contributed by atoms with E-state index < -0.39 is 0 Å². The number of benzene rings is 2. The topological polar surface area (TPSA) is 69.0 Å². The second kappa shape index (κ2) is 7.17. The van der Waals surface area contributed by atoms with Gasteiger partial charge in [0.15, 0.2) is 5.69 Å². The first-order valence-corrected chi connectivity index (χ1v) is 8.01. The standard InChI is InChI=1S/C19H20N4O2/c1-13-4-8-16(9-5-13)23-12-18(21-22-23)19(24)20-14(2)15-6-10-17(25-3)11-7-15/h4-12,14H,1-3H3,(H,20,24)/t14-/m1/s1. The van der Waals surface area contributed by atoms with E-state index in [1.807, 2.05) is 62.4 Å². The lowest BCUT2D eigenvalue weighted by atomic mass is 10.1. The Hall–Kier alpha value is -3.15. The molecule has 0 spiro atoms. The summed E-state index contributed by atoms with van der Waals surface area (Å²) >= 11 is 0. The van der Waals surface area contributed by atoms with Gasteiger partial charge in [0.25, 0.3) is 5.91 Å². The summed E-state index contributed by atoms with van der Waals surface area (Å²) < 4.78 is 6.73. The first-order chi connectivity index (χ1) is 12.1. The predicted octanol–water partition coefficient (Wildman–Crippen LogP) is 3.08. The molecule has 1 atom stereocenters. The number of nitrogens with one attached hydrogen (secondary N) is 1. The third-order valence-corrected chi connectivity index (χ3v) is 3.99. The Balaban J connectivity index is 1.69. The summed E-state index contributed by atoms with van der Waals surface area (Å²) in [4.78, 5) is 12.4. The van der Waals surface area contributed by atoms with Gasteiger partial charge in [-0.25, -0.2) is 4.68 Å². The first kappa shape index (κ1) is 16.7. The van der Waals surface area contributed by atoms with Crippen molar-refractivity contribution in [3.63, 3.8) is 0 Å². The van der Waals surface area contributed by atoms with Gasteiger partial charge in [0.1, 0.15) is 5.75 Å². The molecule has 1 heterocycles. The van der Waals surface area contributed by atoms with Gasteiger partial charge >= 0.3 is 0 Å². The number of aromatic nitrogens is 3. The number of carbonyl (C=O) groups is 1. The quantitative estimate of drug-likeness (QED) is 0.777. The van der Waals surface area contributed by atoms with Crippen LogP contribution in [0.15, 0.2) is 54.7 Å². The number of ether oxygens (including phenoxy) is 1. The zero-order chi connectivity index (χ0) is 17.8. The minimum Gasteiger partial charge on any atom is -0.497 e. The summed E-state index contributed by atoms with van der Waals surface area (Å²) in [5.41, 5.74) is 3.29. The molecular weight excluding hydrogens is 316 g/mol. The van der Waals surface area contributed by atoms with E-state index in [1.165, 1.54) is 0 Å². The summed E-state index contributed by atoms with van der Waals surface area (Å²) in [5, 5.41) is 10.9. The van der Waals surface area contributed by atoms with E-state index in [-0.39, 0.29) is 17.6 Å². The Labute approximate surface area is 146 Å². The average molecular weight is 336 g/mol. The van der Waals surface area contributed by atoms with Crippen LogP contribution in [0.25, 0.3) is 5.69 Å². The lowest BCUT2D eigenvalue weighted by Crippen LogP contribution is -2.26. The third kappa shape index (κ3) is 3.85. The van der Waals surface area contributed by atoms with Gasteiger partial charge in [0, 0.05) is 0 Å². The highest BCUT2D eigenvalue weighted by atomic mass is 16.5. The molecule has 0 aliphatic rings. The van der Waals surface area contributed by atoms with Crippen LogP contribution >= 0.6 is 0 Å². The van der Waals surface area contributed by atoms with Gasteiger partial charge in [-0.1, -0.05) is 35.0 Å². The van der Waals surface area contributed by atoms with Crippen molar-refractivity contribution in [2.45, 2.75) is 19.9 Å². The monoisotopic (exact) mass is 336 g/mol. The fourth-order valence-electron chi connectivity index (χ4n) is 2.44. The molecule has 0 radical (unpaired) electrons. The molecule has 1 aromatic heterocycles. The van der Waals surface area contributed by atoms with Gasteiger partial charge in [-0.15, -0.1) is 5.10 Å². The van der Waals surface area contributed by atoms with E-state index in [9.17, 15) is 4.79 Å². The van der Waals surface area contributed by atoms with Crippen LogP contribution in [0.1, 0.15) is 34.6 Å². The van der Waals surface area contributed by atoms with Crippen LogP contribution in [-0.2, 0) is 0 Å². The normalized spacial score (nSPS) is 11.8. The van der Waals surface area contributed by atoms with Crippen LogP contribution in [0.3, 0.4) is 0 Å². The van der Waals surface area contributed by atoms with E-state index in [2.05, 4.69) is 15.6 Å². The Morgan fingerprint density at radius 3 is 2.44 bits per heavy atom. The van der Waals surface area contributed by atoms with Crippen molar-refractivity contribution < 1.29 is 9.53 Å². The van der Waals surface area contributed by atoms with Crippen LogP contribution < -0.4 is 10.1 Å². The molecule has 0 fully saturated rings. The number of nitrogens with zero attached hydrogens (tertiary/aromatic N) is 3. The minimum atomic E-state index is -0.262. The molecule has 6 heteroatoms. The zero-order valence-corrected chi connectivity index (χ0v) is 14.4. The van der Waals surface area contributed by atoms with Crippen molar-refractivity contribution in [2.75, 3.05) is 7.11 Å². The predicted molar refractivity (Wildman–Crippen MR) is 95.0 cm³/mol. The Morgan fingerprint density at radius 2 is 1.80 bits per heavy atom. The molecule has 0 saturated carbocycles. The van der Waals surface area contributed by atoms with Gasteiger partial charge in [0.2, 0.25) is 0 Å². The summed E-state index contributed by atoms with van der Waals surface area (Å²) in [7, 11) is 1.62. The molecule has 1 N–H and O–H groups in total. The van der Waals surface area contributed by atoms with Crippen molar-refractivity contribution in [1.29, 1.82) is 0 Å². The molecule has 2 aromatic carbocycles. The zero-order valence-electron chi connectivity index (χ0n) is 14.4. The van der Waals surface area contributed by atoms with E-state index in [0.29, 0.717) is 0 Å².